The second-order valence-corrected chi connectivity index (χ2v) is 0.247. The molecule has 0 heterocycles. The van der Waals surface area contributed by atoms with Crippen LogP contribution >= 0.6 is 0 Å². The second-order valence-electron chi connectivity index (χ2n) is 0.247. The Hall–Kier alpha value is 0.660. The summed E-state index contributed by atoms with van der Waals surface area (Å²) >= 11 is 0. The molecule has 0 aliphatic carbocycles. The summed E-state index contributed by atoms with van der Waals surface area (Å²) in [4.78, 5) is 0. The topological polar surface area (TPSA) is 0 Å². The standard InChI is InChI=1S/CHF3.Sc/c2-1(3)4;/h1H;. The van der Waals surface area contributed by atoms with Crippen molar-refractivity contribution in [3.05, 3.63) is 0 Å². The molecule has 0 fully saturated rings. The molecule has 5 heavy (non-hydrogen) atoms. The van der Waals surface area contributed by atoms with E-state index in [2.05, 4.69) is 0 Å². The third-order valence-corrected chi connectivity index (χ3v) is 0. The van der Waals surface area contributed by atoms with Crippen molar-refractivity contribution >= 4 is 0 Å². The van der Waals surface area contributed by atoms with Crippen molar-refractivity contribution in [1.29, 1.82) is 0 Å². The number of halogens is 3. The van der Waals surface area contributed by atoms with Crippen molar-refractivity contribution in [1.82, 2.24) is 0 Å². The summed E-state index contributed by atoms with van der Waals surface area (Å²) in [6.07, 6.45) is 0. The quantitative estimate of drug-likeness (QED) is 0.444. The van der Waals surface area contributed by atoms with Gasteiger partial charge in [0.1, 0.15) is 0 Å². The molecule has 0 saturated carbocycles. The Morgan fingerprint density at radius 1 is 1.00 bits per heavy atom. The average Bonchev–Trinajstić information content (AvgIpc) is 0.811. The van der Waals surface area contributed by atoms with Crippen LogP contribution in [-0.4, -0.2) is 6.68 Å². The Kier molecular flexibility index (Phi) is 8.55. The predicted octanol–water partition coefficient (Wildman–Crippen LogP) is 1.18. The minimum Gasteiger partial charge on any atom is -0.174 e. The van der Waals surface area contributed by atoms with Crippen LogP contribution in [0.1, 0.15) is 0 Å². The maximum atomic E-state index is 9.67. The second kappa shape index (κ2) is 4.66. The summed E-state index contributed by atoms with van der Waals surface area (Å²) < 4.78 is 29.0. The molecule has 0 saturated heterocycles. The van der Waals surface area contributed by atoms with Crippen LogP contribution in [0.15, 0.2) is 0 Å². The zero-order valence-corrected chi connectivity index (χ0v) is 4.09. The summed E-state index contributed by atoms with van der Waals surface area (Å²) in [5.74, 6) is 0. The SMILES string of the molecule is FC(F)F.[Sc]. The Balaban J connectivity index is 0. The van der Waals surface area contributed by atoms with E-state index in [1.807, 2.05) is 0 Å². The summed E-state index contributed by atoms with van der Waals surface area (Å²) in [5, 5.41) is 0. The normalized spacial score (nSPS) is 7.20. The Morgan fingerprint density at radius 3 is 1.00 bits per heavy atom. The van der Waals surface area contributed by atoms with Gasteiger partial charge in [0.2, 0.25) is 0 Å². The third kappa shape index (κ3) is 75.7. The molecule has 0 nitrogen and oxygen atoms in total. The molecular formula is CHF3Sc. The molecule has 0 aromatic rings. The summed E-state index contributed by atoms with van der Waals surface area (Å²) in [7, 11) is 0. The Morgan fingerprint density at radius 2 is 1.00 bits per heavy atom. The van der Waals surface area contributed by atoms with Gasteiger partial charge in [-0.25, -0.2) is 0 Å². The van der Waals surface area contributed by atoms with Crippen molar-refractivity contribution in [3.8, 4) is 0 Å². The van der Waals surface area contributed by atoms with Crippen LogP contribution in [0.5, 0.6) is 0 Å². The predicted molar refractivity (Wildman–Crippen MR) is 7.11 cm³/mol. The fourth-order valence-electron chi connectivity index (χ4n) is 0. The first kappa shape index (κ1) is 9.18. The Bertz CT molecular complexity index is 11.6. The average molecular weight is 115 g/mol. The van der Waals surface area contributed by atoms with Crippen molar-refractivity contribution in [2.24, 2.45) is 0 Å². The van der Waals surface area contributed by atoms with Gasteiger partial charge in [0.05, 0.1) is 0 Å². The van der Waals surface area contributed by atoms with Crippen LogP contribution in [-0.2, 0) is 25.8 Å². The van der Waals surface area contributed by atoms with Crippen LogP contribution in [0.3, 0.4) is 0 Å². The molecule has 0 aliphatic heterocycles. The number of alkyl halides is 3. The molecule has 0 spiro atoms. The van der Waals surface area contributed by atoms with Gasteiger partial charge in [-0.2, -0.15) is 13.2 Å². The van der Waals surface area contributed by atoms with Crippen molar-refractivity contribution in [2.45, 2.75) is 6.68 Å². The molecule has 0 amide bonds. The fourth-order valence-corrected chi connectivity index (χ4v) is 0. The molecule has 0 atom stereocenters. The van der Waals surface area contributed by atoms with Crippen molar-refractivity contribution in [2.75, 3.05) is 0 Å². The van der Waals surface area contributed by atoms with Gasteiger partial charge >= 0.3 is 6.68 Å². The maximum absolute atomic E-state index is 9.67. The van der Waals surface area contributed by atoms with Crippen molar-refractivity contribution < 1.29 is 39.0 Å². The van der Waals surface area contributed by atoms with Gasteiger partial charge < -0.3 is 0 Å². The third-order valence-electron chi connectivity index (χ3n) is 0. The Labute approximate surface area is 46.1 Å². The molecule has 0 unspecified atom stereocenters. The first-order valence-electron chi connectivity index (χ1n) is 0.655. The summed E-state index contributed by atoms with van der Waals surface area (Å²) in [6, 6.07) is 0. The molecule has 0 rings (SSSR count). The van der Waals surface area contributed by atoms with Gasteiger partial charge in [-0.3, -0.25) is 0 Å². The molecular weight excluding hydrogens is 114 g/mol. The van der Waals surface area contributed by atoms with E-state index in [1.165, 1.54) is 0 Å². The van der Waals surface area contributed by atoms with E-state index in [0.29, 0.717) is 0 Å². The molecule has 29 valence electrons. The zero-order valence-electron chi connectivity index (χ0n) is 2.29. The first-order chi connectivity index (χ1) is 1.73. The molecule has 0 N–H and O–H groups in total. The van der Waals surface area contributed by atoms with Crippen LogP contribution in [0.4, 0.5) is 13.2 Å². The van der Waals surface area contributed by atoms with E-state index in [9.17, 15) is 13.2 Å². The zero-order chi connectivity index (χ0) is 3.58. The van der Waals surface area contributed by atoms with Crippen LogP contribution < -0.4 is 0 Å². The molecule has 0 bridgehead atoms. The van der Waals surface area contributed by atoms with Crippen LogP contribution in [0.25, 0.3) is 0 Å². The van der Waals surface area contributed by atoms with Gasteiger partial charge in [0, 0.05) is 25.8 Å². The number of hydrogen-bond donors (Lipinski definition) is 0. The summed E-state index contributed by atoms with van der Waals surface area (Å²) in [6.45, 7) is -3.67. The van der Waals surface area contributed by atoms with E-state index in [1.54, 1.807) is 0 Å². The van der Waals surface area contributed by atoms with Gasteiger partial charge in [-0.05, 0) is 0 Å². The van der Waals surface area contributed by atoms with E-state index in [-0.39, 0.29) is 25.8 Å². The molecule has 4 heteroatoms. The molecule has 1 radical (unpaired) electrons. The largest absolute Gasteiger partial charge is 0.379 e. The van der Waals surface area contributed by atoms with Gasteiger partial charge in [0.25, 0.3) is 0 Å². The van der Waals surface area contributed by atoms with E-state index >= 15 is 0 Å². The van der Waals surface area contributed by atoms with Crippen LogP contribution in [0, 0.1) is 0 Å². The number of rotatable bonds is 0. The van der Waals surface area contributed by atoms with Crippen molar-refractivity contribution in [3.63, 3.8) is 0 Å². The van der Waals surface area contributed by atoms with Gasteiger partial charge in [-0.15, -0.1) is 0 Å². The van der Waals surface area contributed by atoms with E-state index in [4.69, 9.17) is 0 Å². The summed E-state index contributed by atoms with van der Waals surface area (Å²) in [5.41, 5.74) is 0. The number of hydrogen-bond acceptors (Lipinski definition) is 0. The smallest absolute Gasteiger partial charge is 0.174 e. The maximum Gasteiger partial charge on any atom is 0.379 e. The fraction of sp³-hybridized carbons (Fsp3) is 1.00. The minimum atomic E-state index is -3.67. The van der Waals surface area contributed by atoms with E-state index < -0.39 is 6.68 Å². The first-order valence-corrected chi connectivity index (χ1v) is 0.655. The van der Waals surface area contributed by atoms with E-state index in [0.717, 1.165) is 0 Å². The molecule has 0 aromatic heterocycles. The molecule has 0 aliphatic rings. The monoisotopic (exact) mass is 115 g/mol. The van der Waals surface area contributed by atoms with Gasteiger partial charge in [-0.1, -0.05) is 0 Å². The van der Waals surface area contributed by atoms with Gasteiger partial charge in [0.15, 0.2) is 0 Å². The molecule has 0 aromatic carbocycles. The van der Waals surface area contributed by atoms with Crippen LogP contribution in [0.2, 0.25) is 0 Å². The minimum absolute atomic E-state index is 0.